The molecule has 8 nitrogen and oxygen atoms in total. The van der Waals surface area contributed by atoms with E-state index >= 15 is 4.39 Å². The maximum atomic E-state index is 15.4. The zero-order valence-corrected chi connectivity index (χ0v) is 32.6. The number of nitrogens with one attached hydrogen (secondary N) is 2. The predicted molar refractivity (Wildman–Crippen MR) is 220 cm³/mol. The molecule has 1 aromatic heterocycles. The maximum absolute atomic E-state index is 15.4. The minimum Gasteiger partial charge on any atom is -0.493 e. The van der Waals surface area contributed by atoms with E-state index in [0.717, 1.165) is 59.1 Å². The van der Waals surface area contributed by atoms with Gasteiger partial charge < -0.3 is 20.1 Å². The maximum Gasteiger partial charge on any atom is 0.269 e. The van der Waals surface area contributed by atoms with E-state index in [1.807, 2.05) is 73.7 Å². The Balaban J connectivity index is 0.949. The van der Waals surface area contributed by atoms with Gasteiger partial charge in [-0.3, -0.25) is 14.3 Å². The molecule has 0 saturated carbocycles. The molecule has 10 heteroatoms. The average Bonchev–Trinajstić information content (AvgIpc) is 3.64. The number of halogens is 2. The molecule has 0 radical (unpaired) electrons. The van der Waals surface area contributed by atoms with Gasteiger partial charge in [0.05, 0.1) is 26.3 Å². The number of carbonyl (C=O) groups excluding carboxylic acids is 2. The molecule has 0 spiro atoms. The van der Waals surface area contributed by atoms with E-state index in [-0.39, 0.29) is 29.9 Å². The Kier molecular flexibility index (Phi) is 13.8. The first-order valence-corrected chi connectivity index (χ1v) is 19.3. The molecule has 0 aliphatic carbocycles. The minimum absolute atomic E-state index is 0.0630. The van der Waals surface area contributed by atoms with E-state index in [2.05, 4.69) is 15.7 Å². The van der Waals surface area contributed by atoms with Crippen molar-refractivity contribution in [1.29, 1.82) is 0 Å². The molecule has 6 rings (SSSR count). The molecule has 0 aliphatic heterocycles. The van der Waals surface area contributed by atoms with Crippen LogP contribution in [-0.4, -0.2) is 48.9 Å². The van der Waals surface area contributed by atoms with Crippen LogP contribution in [0.25, 0.3) is 22.3 Å². The van der Waals surface area contributed by atoms with E-state index in [1.54, 1.807) is 55.3 Å². The largest absolute Gasteiger partial charge is 0.493 e. The molecule has 0 unspecified atom stereocenters. The Morgan fingerprint density at radius 2 is 1.25 bits per heavy atom. The summed E-state index contributed by atoms with van der Waals surface area (Å²) in [5, 5.41) is 10.6. The molecule has 0 fully saturated rings. The van der Waals surface area contributed by atoms with Crippen LogP contribution in [0.15, 0.2) is 115 Å². The molecule has 1 heterocycles. The molecular formula is C47H48F2N4O4. The third-order valence-electron chi connectivity index (χ3n) is 9.89. The van der Waals surface area contributed by atoms with Crippen molar-refractivity contribution >= 4 is 11.8 Å². The summed E-state index contributed by atoms with van der Waals surface area (Å²) < 4.78 is 41.8. The van der Waals surface area contributed by atoms with Crippen molar-refractivity contribution < 1.29 is 27.8 Å². The third-order valence-corrected chi connectivity index (χ3v) is 9.89. The topological polar surface area (TPSA) is 94.5 Å². The van der Waals surface area contributed by atoms with E-state index in [0.29, 0.717) is 60.1 Å². The number of carbonyl (C=O) groups is 2. The zero-order valence-electron chi connectivity index (χ0n) is 32.6. The van der Waals surface area contributed by atoms with Crippen LogP contribution in [0.2, 0.25) is 0 Å². The molecule has 0 saturated heterocycles. The average molecular weight is 771 g/mol. The molecule has 0 atom stereocenters. The Bertz CT molecular complexity index is 2290. The molecular weight excluding hydrogens is 723 g/mol. The molecule has 2 N–H and O–H groups in total. The van der Waals surface area contributed by atoms with Gasteiger partial charge in [0, 0.05) is 37.2 Å². The van der Waals surface area contributed by atoms with E-state index in [1.165, 1.54) is 12.1 Å². The van der Waals surface area contributed by atoms with Crippen LogP contribution in [0.1, 0.15) is 58.2 Å². The van der Waals surface area contributed by atoms with Crippen LogP contribution < -0.4 is 20.1 Å². The number of nitrogens with zero attached hydrogens (tertiary/aromatic N) is 2. The van der Waals surface area contributed by atoms with Gasteiger partial charge in [-0.05, 0) is 96.3 Å². The summed E-state index contributed by atoms with van der Waals surface area (Å²) in [6, 6.07) is 34.8. The number of amides is 2. The monoisotopic (exact) mass is 770 g/mol. The number of hydrogen-bond donors (Lipinski definition) is 2. The standard InChI is InChI=1S/C47H48F2N4O4/c1-4-53-43(47(55)51-26-8-10-33-13-19-36(20-14-33)39-11-5-6-12-41(39)48)31-38(52-53)27-34-17-23-40(42(49)28-34)37-21-15-32(16-22-37)9-7-25-50-46(54)30-35-18-24-44(56-2)45(29-35)57-3/h5-6,11-24,28-29,31H,4,7-10,25-27,30H2,1-3H3,(H,50,54)(H,51,55). The summed E-state index contributed by atoms with van der Waals surface area (Å²) in [6.07, 6.45) is 3.70. The first-order valence-electron chi connectivity index (χ1n) is 19.3. The van der Waals surface area contributed by atoms with Gasteiger partial charge in [-0.1, -0.05) is 84.9 Å². The third kappa shape index (κ3) is 10.7. The number of ether oxygens (including phenoxy) is 2. The molecule has 0 bridgehead atoms. The van der Waals surface area contributed by atoms with Crippen LogP contribution in [0, 0.1) is 11.6 Å². The van der Waals surface area contributed by atoms with Crippen LogP contribution in [0.3, 0.4) is 0 Å². The number of rotatable bonds is 18. The van der Waals surface area contributed by atoms with Gasteiger partial charge in [-0.15, -0.1) is 0 Å². The highest BCUT2D eigenvalue weighted by Crippen LogP contribution is 2.28. The van der Waals surface area contributed by atoms with E-state index in [9.17, 15) is 14.0 Å². The van der Waals surface area contributed by atoms with Crippen LogP contribution in [-0.2, 0) is 37.0 Å². The second kappa shape index (κ2) is 19.5. The molecule has 5 aromatic carbocycles. The minimum atomic E-state index is -0.327. The molecule has 2 amide bonds. The van der Waals surface area contributed by atoms with Crippen LogP contribution in [0.4, 0.5) is 8.78 Å². The quantitative estimate of drug-likeness (QED) is 0.0853. The lowest BCUT2D eigenvalue weighted by atomic mass is 9.99. The Labute approximate surface area is 332 Å². The normalized spacial score (nSPS) is 11.0. The number of aromatic nitrogens is 2. The Morgan fingerprint density at radius 3 is 1.86 bits per heavy atom. The van der Waals surface area contributed by atoms with Crippen molar-refractivity contribution in [2.24, 2.45) is 0 Å². The summed E-state index contributed by atoms with van der Waals surface area (Å²) in [5.41, 5.74) is 7.66. The second-order valence-electron chi connectivity index (χ2n) is 13.9. The highest BCUT2D eigenvalue weighted by atomic mass is 19.1. The first-order chi connectivity index (χ1) is 27.7. The van der Waals surface area contributed by atoms with Crippen molar-refractivity contribution in [2.75, 3.05) is 27.3 Å². The summed E-state index contributed by atoms with van der Waals surface area (Å²) in [7, 11) is 3.14. The lowest BCUT2D eigenvalue weighted by Crippen LogP contribution is -2.27. The lowest BCUT2D eigenvalue weighted by molar-refractivity contribution is -0.120. The highest BCUT2D eigenvalue weighted by Gasteiger charge is 2.16. The van der Waals surface area contributed by atoms with Crippen molar-refractivity contribution in [3.05, 3.63) is 161 Å². The Hall–Kier alpha value is -6.29. The molecule has 294 valence electrons. The fourth-order valence-electron chi connectivity index (χ4n) is 6.83. The van der Waals surface area contributed by atoms with Gasteiger partial charge >= 0.3 is 0 Å². The van der Waals surface area contributed by atoms with Crippen molar-refractivity contribution in [1.82, 2.24) is 20.4 Å². The van der Waals surface area contributed by atoms with Gasteiger partial charge in [0.2, 0.25) is 5.91 Å². The fourth-order valence-corrected chi connectivity index (χ4v) is 6.83. The lowest BCUT2D eigenvalue weighted by Gasteiger charge is -2.10. The van der Waals surface area contributed by atoms with Gasteiger partial charge in [0.1, 0.15) is 17.3 Å². The van der Waals surface area contributed by atoms with Gasteiger partial charge in [-0.2, -0.15) is 5.10 Å². The van der Waals surface area contributed by atoms with Gasteiger partial charge in [0.15, 0.2) is 11.5 Å². The van der Waals surface area contributed by atoms with Crippen LogP contribution in [0.5, 0.6) is 11.5 Å². The van der Waals surface area contributed by atoms with Crippen LogP contribution >= 0.6 is 0 Å². The van der Waals surface area contributed by atoms with Crippen molar-refractivity contribution in [2.45, 2.75) is 52.0 Å². The molecule has 57 heavy (non-hydrogen) atoms. The molecule has 0 aliphatic rings. The van der Waals surface area contributed by atoms with Crippen molar-refractivity contribution in [3.63, 3.8) is 0 Å². The van der Waals surface area contributed by atoms with E-state index in [4.69, 9.17) is 9.47 Å². The zero-order chi connectivity index (χ0) is 40.1. The number of benzene rings is 5. The van der Waals surface area contributed by atoms with Gasteiger partial charge in [-0.25, -0.2) is 8.78 Å². The first kappa shape index (κ1) is 40.4. The summed E-state index contributed by atoms with van der Waals surface area (Å²) >= 11 is 0. The number of methoxy groups -OCH3 is 2. The summed E-state index contributed by atoms with van der Waals surface area (Å²) in [6.45, 7) is 3.49. The summed E-state index contributed by atoms with van der Waals surface area (Å²) in [4.78, 5) is 25.6. The number of hydrogen-bond acceptors (Lipinski definition) is 5. The van der Waals surface area contributed by atoms with Gasteiger partial charge in [0.25, 0.3) is 5.91 Å². The SMILES string of the molecule is CCn1nc(Cc2ccc(-c3ccc(CCCNC(=O)Cc4ccc(OC)c(OC)c4)cc3)c(F)c2)cc1C(=O)NCCCc1ccc(-c2ccccc2F)cc1. The number of aryl methyl sites for hydroxylation is 3. The fraction of sp³-hybridized carbons (Fsp3) is 0.255. The smallest absolute Gasteiger partial charge is 0.269 e. The van der Waals surface area contributed by atoms with E-state index < -0.39 is 0 Å². The summed E-state index contributed by atoms with van der Waals surface area (Å²) in [5.74, 6) is 0.371. The second-order valence-corrected chi connectivity index (χ2v) is 13.9. The molecule has 6 aromatic rings. The van der Waals surface area contributed by atoms with Crippen molar-refractivity contribution in [3.8, 4) is 33.8 Å². The highest BCUT2D eigenvalue weighted by molar-refractivity contribution is 5.92. The Morgan fingerprint density at radius 1 is 0.649 bits per heavy atom. The predicted octanol–water partition coefficient (Wildman–Crippen LogP) is 8.78.